The number of hydrogen-bond acceptors (Lipinski definition) is 4. The lowest BCUT2D eigenvalue weighted by atomic mass is 10.0. The summed E-state index contributed by atoms with van der Waals surface area (Å²) in [5.41, 5.74) is 9.37. The van der Waals surface area contributed by atoms with E-state index in [0.29, 0.717) is 19.1 Å². The van der Waals surface area contributed by atoms with Crippen LogP contribution in [0.4, 0.5) is 5.69 Å². The molecule has 0 saturated carbocycles. The highest BCUT2D eigenvalue weighted by Crippen LogP contribution is 2.31. The third kappa shape index (κ3) is 5.71. The number of para-hydroxylation sites is 2. The van der Waals surface area contributed by atoms with Gasteiger partial charge in [-0.25, -0.2) is 0 Å². The molecule has 1 fully saturated rings. The zero-order chi connectivity index (χ0) is 20.5. The van der Waals surface area contributed by atoms with Crippen LogP contribution in [0.2, 0.25) is 0 Å². The molecule has 6 heteroatoms. The van der Waals surface area contributed by atoms with E-state index in [2.05, 4.69) is 22.3 Å². The van der Waals surface area contributed by atoms with Crippen molar-refractivity contribution < 1.29 is 9.47 Å². The molecule has 0 bridgehead atoms. The monoisotopic (exact) mass is 396 g/mol. The fourth-order valence-corrected chi connectivity index (χ4v) is 3.87. The molecular formula is C23H32N4O2. The van der Waals surface area contributed by atoms with Crippen molar-refractivity contribution in [1.29, 1.82) is 0 Å². The molecule has 1 atom stereocenters. The van der Waals surface area contributed by atoms with Crippen molar-refractivity contribution in [2.75, 3.05) is 39.2 Å². The van der Waals surface area contributed by atoms with E-state index in [4.69, 9.17) is 20.2 Å². The molecule has 0 aliphatic carbocycles. The quantitative estimate of drug-likeness (QED) is 0.525. The molecule has 1 unspecified atom stereocenters. The van der Waals surface area contributed by atoms with Crippen LogP contribution in [0.5, 0.6) is 5.75 Å². The smallest absolute Gasteiger partial charge is 0.193 e. The molecule has 1 aliphatic rings. The van der Waals surface area contributed by atoms with Crippen LogP contribution in [-0.4, -0.2) is 44.7 Å². The minimum Gasteiger partial charge on any atom is -0.496 e. The normalized spacial score (nSPS) is 16.4. The summed E-state index contributed by atoms with van der Waals surface area (Å²) >= 11 is 0. The van der Waals surface area contributed by atoms with Gasteiger partial charge in [-0.15, -0.1) is 0 Å². The van der Waals surface area contributed by atoms with E-state index in [9.17, 15) is 0 Å². The average molecular weight is 397 g/mol. The average Bonchev–Trinajstić information content (AvgIpc) is 2.76. The van der Waals surface area contributed by atoms with E-state index in [1.165, 1.54) is 19.3 Å². The summed E-state index contributed by atoms with van der Waals surface area (Å²) in [6, 6.07) is 16.3. The van der Waals surface area contributed by atoms with E-state index in [1.807, 2.05) is 36.4 Å². The van der Waals surface area contributed by atoms with Crippen molar-refractivity contribution >= 4 is 11.6 Å². The Morgan fingerprint density at radius 3 is 2.55 bits per heavy atom. The minimum atomic E-state index is 0.140. The van der Waals surface area contributed by atoms with Crippen LogP contribution >= 0.6 is 0 Å². The van der Waals surface area contributed by atoms with Gasteiger partial charge in [0.2, 0.25) is 0 Å². The van der Waals surface area contributed by atoms with Crippen molar-refractivity contribution in [3.05, 3.63) is 59.7 Å². The Morgan fingerprint density at radius 1 is 1.07 bits per heavy atom. The second kappa shape index (κ2) is 10.8. The first-order valence-corrected chi connectivity index (χ1v) is 10.2. The summed E-state index contributed by atoms with van der Waals surface area (Å²) in [7, 11) is 3.41. The molecule has 3 N–H and O–H groups in total. The first-order valence-electron chi connectivity index (χ1n) is 10.2. The number of ether oxygens (including phenoxy) is 2. The largest absolute Gasteiger partial charge is 0.496 e. The van der Waals surface area contributed by atoms with E-state index < -0.39 is 0 Å². The number of nitrogens with zero attached hydrogens (tertiary/aromatic N) is 2. The SMILES string of the molecule is COCc1ccccc1NC(N)=NCC(c1ccccc1OC)N1CCCCC1. The number of anilines is 1. The summed E-state index contributed by atoms with van der Waals surface area (Å²) in [5, 5.41) is 3.23. The standard InChI is InChI=1S/C23H32N4O2/c1-28-17-18-10-4-6-12-20(18)26-23(24)25-16-21(27-14-8-3-9-15-27)19-11-5-7-13-22(19)29-2/h4-7,10-13,21H,3,8-9,14-17H2,1-2H3,(H3,24,25,26). The Hall–Kier alpha value is -2.57. The Morgan fingerprint density at radius 2 is 1.79 bits per heavy atom. The number of likely N-dealkylation sites (tertiary alicyclic amines) is 1. The maximum atomic E-state index is 6.25. The highest BCUT2D eigenvalue weighted by Gasteiger charge is 2.24. The summed E-state index contributed by atoms with van der Waals surface area (Å²) in [5.74, 6) is 1.31. The molecule has 1 saturated heterocycles. The van der Waals surface area contributed by atoms with E-state index in [0.717, 1.165) is 35.7 Å². The molecule has 156 valence electrons. The van der Waals surface area contributed by atoms with Crippen LogP contribution in [0.25, 0.3) is 0 Å². The van der Waals surface area contributed by atoms with Crippen molar-refractivity contribution in [3.8, 4) is 5.75 Å². The molecule has 3 rings (SSSR count). The van der Waals surface area contributed by atoms with Crippen LogP contribution < -0.4 is 15.8 Å². The first kappa shape index (κ1) is 21.1. The van der Waals surface area contributed by atoms with Gasteiger partial charge in [0.1, 0.15) is 5.75 Å². The summed E-state index contributed by atoms with van der Waals surface area (Å²) < 4.78 is 10.9. The van der Waals surface area contributed by atoms with Gasteiger partial charge in [0.25, 0.3) is 0 Å². The topological polar surface area (TPSA) is 72.1 Å². The Kier molecular flexibility index (Phi) is 7.90. The molecular weight excluding hydrogens is 364 g/mol. The van der Waals surface area contributed by atoms with Gasteiger partial charge in [-0.1, -0.05) is 42.8 Å². The number of nitrogens with two attached hydrogens (primary N) is 1. The van der Waals surface area contributed by atoms with Gasteiger partial charge < -0.3 is 20.5 Å². The van der Waals surface area contributed by atoms with Crippen LogP contribution in [0.1, 0.15) is 36.4 Å². The minimum absolute atomic E-state index is 0.140. The predicted molar refractivity (Wildman–Crippen MR) is 118 cm³/mol. The molecule has 0 amide bonds. The lowest BCUT2D eigenvalue weighted by Gasteiger charge is -2.34. The molecule has 1 heterocycles. The van der Waals surface area contributed by atoms with Gasteiger partial charge in [0, 0.05) is 23.9 Å². The second-order valence-corrected chi connectivity index (χ2v) is 7.30. The maximum absolute atomic E-state index is 6.25. The van der Waals surface area contributed by atoms with Crippen LogP contribution in [0.3, 0.4) is 0 Å². The molecule has 29 heavy (non-hydrogen) atoms. The van der Waals surface area contributed by atoms with Gasteiger partial charge in [-0.2, -0.15) is 0 Å². The third-order valence-corrected chi connectivity index (χ3v) is 5.34. The first-order chi connectivity index (χ1) is 14.2. The number of hydrogen-bond donors (Lipinski definition) is 2. The van der Waals surface area contributed by atoms with Gasteiger partial charge in [0.05, 0.1) is 26.3 Å². The number of piperidine rings is 1. The predicted octanol–water partition coefficient (Wildman–Crippen LogP) is 3.80. The third-order valence-electron chi connectivity index (χ3n) is 5.34. The highest BCUT2D eigenvalue weighted by molar-refractivity contribution is 5.93. The molecule has 1 aliphatic heterocycles. The van der Waals surface area contributed by atoms with Crippen LogP contribution in [0, 0.1) is 0 Å². The van der Waals surface area contributed by atoms with E-state index >= 15 is 0 Å². The lowest BCUT2D eigenvalue weighted by molar-refractivity contribution is 0.165. The molecule has 2 aromatic rings. The molecule has 6 nitrogen and oxygen atoms in total. The molecule has 0 spiro atoms. The number of benzene rings is 2. The van der Waals surface area contributed by atoms with Crippen molar-refractivity contribution in [3.63, 3.8) is 0 Å². The zero-order valence-corrected chi connectivity index (χ0v) is 17.4. The number of guanidine groups is 1. The van der Waals surface area contributed by atoms with Gasteiger partial charge >= 0.3 is 0 Å². The number of aliphatic imine (C=N–C) groups is 1. The maximum Gasteiger partial charge on any atom is 0.193 e. The van der Waals surface area contributed by atoms with Crippen molar-refractivity contribution in [1.82, 2.24) is 4.90 Å². The second-order valence-electron chi connectivity index (χ2n) is 7.30. The summed E-state index contributed by atoms with van der Waals surface area (Å²) in [6.07, 6.45) is 3.72. The molecule has 0 radical (unpaired) electrons. The Bertz CT molecular complexity index is 803. The molecule has 0 aromatic heterocycles. The Labute approximate surface area is 173 Å². The van der Waals surface area contributed by atoms with Gasteiger partial charge in [-0.05, 0) is 38.1 Å². The lowest BCUT2D eigenvalue weighted by Crippen LogP contribution is -2.36. The fraction of sp³-hybridized carbons (Fsp3) is 0.435. The summed E-state index contributed by atoms with van der Waals surface area (Å²) in [6.45, 7) is 3.24. The summed E-state index contributed by atoms with van der Waals surface area (Å²) in [4.78, 5) is 7.19. The fourth-order valence-electron chi connectivity index (χ4n) is 3.87. The Balaban J connectivity index is 1.78. The number of rotatable bonds is 8. The number of methoxy groups -OCH3 is 2. The van der Waals surface area contributed by atoms with Crippen LogP contribution in [-0.2, 0) is 11.3 Å². The number of nitrogens with one attached hydrogen (secondary N) is 1. The van der Waals surface area contributed by atoms with Crippen molar-refractivity contribution in [2.45, 2.75) is 31.9 Å². The van der Waals surface area contributed by atoms with Gasteiger partial charge in [-0.3, -0.25) is 9.89 Å². The van der Waals surface area contributed by atoms with E-state index in [1.54, 1.807) is 14.2 Å². The van der Waals surface area contributed by atoms with Crippen LogP contribution in [0.15, 0.2) is 53.5 Å². The highest BCUT2D eigenvalue weighted by atomic mass is 16.5. The zero-order valence-electron chi connectivity index (χ0n) is 17.4. The van der Waals surface area contributed by atoms with Gasteiger partial charge in [0.15, 0.2) is 5.96 Å². The molecule has 2 aromatic carbocycles. The van der Waals surface area contributed by atoms with E-state index in [-0.39, 0.29) is 6.04 Å². The van der Waals surface area contributed by atoms with Crippen molar-refractivity contribution in [2.24, 2.45) is 10.7 Å².